The van der Waals surface area contributed by atoms with Crippen LogP contribution in [-0.4, -0.2) is 47.8 Å². The van der Waals surface area contributed by atoms with Crippen molar-refractivity contribution in [2.24, 2.45) is 0 Å². The zero-order valence-electron chi connectivity index (χ0n) is 10.8. The van der Waals surface area contributed by atoms with Gasteiger partial charge in [0.1, 0.15) is 17.2 Å². The van der Waals surface area contributed by atoms with Gasteiger partial charge in [-0.2, -0.15) is 0 Å². The summed E-state index contributed by atoms with van der Waals surface area (Å²) in [6.07, 6.45) is 1.20. The van der Waals surface area contributed by atoms with Crippen LogP contribution in [0.5, 0.6) is 0 Å². The minimum Gasteiger partial charge on any atom is -0.336 e. The van der Waals surface area contributed by atoms with Gasteiger partial charge in [0, 0.05) is 26.2 Å². The first-order valence-corrected chi connectivity index (χ1v) is 6.19. The van der Waals surface area contributed by atoms with E-state index in [-0.39, 0.29) is 19.0 Å². The summed E-state index contributed by atoms with van der Waals surface area (Å²) in [5.74, 6) is -2.65. The molecule has 2 amide bonds. The lowest BCUT2D eigenvalue weighted by Crippen LogP contribution is -2.50. The summed E-state index contributed by atoms with van der Waals surface area (Å²) in [6, 6.07) is 3.31. The van der Waals surface area contributed by atoms with Crippen molar-refractivity contribution in [3.05, 3.63) is 48.1 Å². The minimum atomic E-state index is -0.875. The van der Waals surface area contributed by atoms with E-state index in [0.717, 1.165) is 12.1 Å². The van der Waals surface area contributed by atoms with Crippen LogP contribution < -0.4 is 0 Å². The molecule has 0 bridgehead atoms. The van der Waals surface area contributed by atoms with Gasteiger partial charge in [0.05, 0.1) is 0 Å². The van der Waals surface area contributed by atoms with E-state index in [0.29, 0.717) is 13.1 Å². The summed E-state index contributed by atoms with van der Waals surface area (Å²) < 4.78 is 27.1. The molecule has 106 valence electrons. The number of amides is 2. The minimum absolute atomic E-state index is 0.214. The highest BCUT2D eigenvalue weighted by Gasteiger charge is 2.27. The van der Waals surface area contributed by atoms with Gasteiger partial charge >= 0.3 is 0 Å². The number of benzene rings is 1. The Hall–Kier alpha value is -2.24. The fourth-order valence-electron chi connectivity index (χ4n) is 2.12. The number of nitrogens with zero attached hydrogens (tertiary/aromatic N) is 2. The van der Waals surface area contributed by atoms with Crippen molar-refractivity contribution in [2.75, 3.05) is 26.2 Å². The molecule has 1 aromatic rings. The Balaban J connectivity index is 2.09. The Labute approximate surface area is 115 Å². The average Bonchev–Trinajstić information content (AvgIpc) is 2.46. The highest BCUT2D eigenvalue weighted by atomic mass is 19.1. The van der Waals surface area contributed by atoms with Gasteiger partial charge in [-0.3, -0.25) is 9.59 Å². The SMILES string of the molecule is C=CC(=O)N1CCN(C(=O)c2c(F)cccc2F)CC1. The van der Waals surface area contributed by atoms with Gasteiger partial charge in [-0.25, -0.2) is 8.78 Å². The summed E-state index contributed by atoms with van der Waals surface area (Å²) >= 11 is 0. The summed E-state index contributed by atoms with van der Waals surface area (Å²) in [5, 5.41) is 0. The van der Waals surface area contributed by atoms with Crippen LogP contribution in [0.3, 0.4) is 0 Å². The Morgan fingerprint density at radius 3 is 2.05 bits per heavy atom. The Morgan fingerprint density at radius 2 is 1.55 bits per heavy atom. The van der Waals surface area contributed by atoms with E-state index in [9.17, 15) is 18.4 Å². The van der Waals surface area contributed by atoms with E-state index in [1.165, 1.54) is 21.9 Å². The van der Waals surface area contributed by atoms with Crippen LogP contribution in [0.25, 0.3) is 0 Å². The third-order valence-corrected chi connectivity index (χ3v) is 3.23. The molecule has 1 aliphatic heterocycles. The molecule has 4 nitrogen and oxygen atoms in total. The molecule has 0 saturated carbocycles. The molecule has 0 atom stereocenters. The molecule has 1 saturated heterocycles. The predicted octanol–water partition coefficient (Wildman–Crippen LogP) is 1.44. The van der Waals surface area contributed by atoms with Gasteiger partial charge in [-0.1, -0.05) is 12.6 Å². The molecule has 0 aliphatic carbocycles. The van der Waals surface area contributed by atoms with Crippen LogP contribution in [0.15, 0.2) is 30.9 Å². The van der Waals surface area contributed by atoms with Crippen molar-refractivity contribution in [1.29, 1.82) is 0 Å². The quantitative estimate of drug-likeness (QED) is 0.769. The maximum absolute atomic E-state index is 13.6. The third-order valence-electron chi connectivity index (χ3n) is 3.23. The standard InChI is InChI=1S/C14H14F2N2O2/c1-2-12(19)17-6-8-18(9-7-17)14(20)13-10(15)4-3-5-11(13)16/h2-5H,1,6-9H2. The summed E-state index contributed by atoms with van der Waals surface area (Å²) in [7, 11) is 0. The van der Waals surface area contributed by atoms with Gasteiger partial charge in [0.25, 0.3) is 5.91 Å². The van der Waals surface area contributed by atoms with E-state index in [4.69, 9.17) is 0 Å². The molecule has 0 radical (unpaired) electrons. The highest BCUT2D eigenvalue weighted by molar-refractivity contribution is 5.95. The lowest BCUT2D eigenvalue weighted by molar-refractivity contribution is -0.127. The van der Waals surface area contributed by atoms with E-state index in [1.54, 1.807) is 0 Å². The molecule has 1 aromatic carbocycles. The molecule has 2 rings (SSSR count). The lowest BCUT2D eigenvalue weighted by atomic mass is 10.1. The predicted molar refractivity (Wildman–Crippen MR) is 69.0 cm³/mol. The third kappa shape index (κ3) is 2.68. The van der Waals surface area contributed by atoms with Crippen LogP contribution in [0.4, 0.5) is 8.78 Å². The average molecular weight is 280 g/mol. The summed E-state index contributed by atoms with van der Waals surface area (Å²) in [5.41, 5.74) is -0.545. The smallest absolute Gasteiger partial charge is 0.259 e. The van der Waals surface area contributed by atoms with Crippen LogP contribution in [-0.2, 0) is 4.79 Å². The van der Waals surface area contributed by atoms with E-state index < -0.39 is 23.1 Å². The molecular formula is C14H14F2N2O2. The number of halogens is 2. The monoisotopic (exact) mass is 280 g/mol. The van der Waals surface area contributed by atoms with Crippen LogP contribution >= 0.6 is 0 Å². The Bertz CT molecular complexity index is 532. The maximum Gasteiger partial charge on any atom is 0.259 e. The molecule has 6 heteroatoms. The first kappa shape index (κ1) is 14.2. The fraction of sp³-hybridized carbons (Fsp3) is 0.286. The van der Waals surface area contributed by atoms with Crippen LogP contribution in [0.2, 0.25) is 0 Å². The van der Waals surface area contributed by atoms with E-state index in [1.807, 2.05) is 0 Å². The summed E-state index contributed by atoms with van der Waals surface area (Å²) in [4.78, 5) is 26.4. The topological polar surface area (TPSA) is 40.6 Å². The number of rotatable bonds is 2. The highest BCUT2D eigenvalue weighted by Crippen LogP contribution is 2.16. The molecule has 20 heavy (non-hydrogen) atoms. The molecule has 1 heterocycles. The molecule has 0 spiro atoms. The van der Waals surface area contributed by atoms with E-state index >= 15 is 0 Å². The first-order chi connectivity index (χ1) is 9.54. The van der Waals surface area contributed by atoms with Crippen molar-refractivity contribution >= 4 is 11.8 Å². The zero-order valence-corrected chi connectivity index (χ0v) is 10.8. The normalized spacial score (nSPS) is 15.1. The van der Waals surface area contributed by atoms with Gasteiger partial charge in [0.15, 0.2) is 0 Å². The van der Waals surface area contributed by atoms with Crippen molar-refractivity contribution in [3.8, 4) is 0 Å². The lowest BCUT2D eigenvalue weighted by Gasteiger charge is -2.34. The largest absolute Gasteiger partial charge is 0.336 e. The van der Waals surface area contributed by atoms with Crippen molar-refractivity contribution in [2.45, 2.75) is 0 Å². The number of hydrogen-bond acceptors (Lipinski definition) is 2. The second-order valence-electron chi connectivity index (χ2n) is 4.42. The number of hydrogen-bond donors (Lipinski definition) is 0. The van der Waals surface area contributed by atoms with Crippen molar-refractivity contribution < 1.29 is 18.4 Å². The van der Waals surface area contributed by atoms with Crippen molar-refractivity contribution in [3.63, 3.8) is 0 Å². The fourth-order valence-corrected chi connectivity index (χ4v) is 2.12. The second kappa shape index (κ2) is 5.81. The van der Waals surface area contributed by atoms with Gasteiger partial charge in [0.2, 0.25) is 5.91 Å². The molecule has 0 aromatic heterocycles. The van der Waals surface area contributed by atoms with Gasteiger partial charge < -0.3 is 9.80 Å². The summed E-state index contributed by atoms with van der Waals surface area (Å²) in [6.45, 7) is 4.53. The number of carbonyl (C=O) groups is 2. The zero-order chi connectivity index (χ0) is 14.7. The molecule has 1 fully saturated rings. The second-order valence-corrected chi connectivity index (χ2v) is 4.42. The Morgan fingerprint density at radius 1 is 1.05 bits per heavy atom. The number of carbonyl (C=O) groups excluding carboxylic acids is 2. The Kier molecular flexibility index (Phi) is 4.12. The van der Waals surface area contributed by atoms with Crippen molar-refractivity contribution in [1.82, 2.24) is 9.80 Å². The number of piperazine rings is 1. The molecule has 0 N–H and O–H groups in total. The van der Waals surface area contributed by atoms with Gasteiger partial charge in [-0.05, 0) is 18.2 Å². The molecule has 1 aliphatic rings. The first-order valence-electron chi connectivity index (χ1n) is 6.19. The van der Waals surface area contributed by atoms with Crippen LogP contribution in [0.1, 0.15) is 10.4 Å². The molecular weight excluding hydrogens is 266 g/mol. The molecule has 0 unspecified atom stereocenters. The van der Waals surface area contributed by atoms with Crippen LogP contribution in [0, 0.1) is 11.6 Å². The van der Waals surface area contributed by atoms with E-state index in [2.05, 4.69) is 6.58 Å². The van der Waals surface area contributed by atoms with Gasteiger partial charge in [-0.15, -0.1) is 0 Å². The maximum atomic E-state index is 13.6.